The predicted octanol–water partition coefficient (Wildman–Crippen LogP) is 2.78. The summed E-state index contributed by atoms with van der Waals surface area (Å²) in [5, 5.41) is 11.9. The average Bonchev–Trinajstić information content (AvgIpc) is 2.54. The molecule has 0 aromatic heterocycles. The molecule has 0 aliphatic heterocycles. The van der Waals surface area contributed by atoms with E-state index in [1.54, 1.807) is 7.11 Å². The van der Waals surface area contributed by atoms with E-state index in [1.165, 1.54) is 0 Å². The van der Waals surface area contributed by atoms with E-state index in [-0.39, 0.29) is 19.0 Å². The number of aliphatic hydroxyl groups excluding tert-OH is 1. The van der Waals surface area contributed by atoms with Crippen LogP contribution >= 0.6 is 12.4 Å². The van der Waals surface area contributed by atoms with E-state index in [2.05, 4.69) is 5.32 Å². The third-order valence-corrected chi connectivity index (χ3v) is 3.08. The molecule has 0 radical (unpaired) electrons. The van der Waals surface area contributed by atoms with Gasteiger partial charge in [0.1, 0.15) is 6.61 Å². The highest BCUT2D eigenvalue weighted by atomic mass is 35.5. The molecule has 0 aliphatic rings. The van der Waals surface area contributed by atoms with Gasteiger partial charge in [0.15, 0.2) is 11.5 Å². The summed E-state index contributed by atoms with van der Waals surface area (Å²) in [5.41, 5.74) is 2.21. The molecule has 0 spiro atoms. The van der Waals surface area contributed by atoms with Crippen LogP contribution in [0, 0.1) is 0 Å². The molecule has 120 valence electrons. The van der Waals surface area contributed by atoms with Gasteiger partial charge in [-0.15, -0.1) is 12.4 Å². The molecule has 0 atom stereocenters. The van der Waals surface area contributed by atoms with E-state index in [4.69, 9.17) is 14.6 Å². The Morgan fingerprint density at radius 1 is 1.00 bits per heavy atom. The standard InChI is InChI=1S/C17H21NO3.ClH/c1-20-17-11-15(12-18-9-10-19)7-8-16(17)21-13-14-5-3-2-4-6-14;/h2-8,11,18-19H,9-10,12-13H2,1H3;1H. The maximum atomic E-state index is 8.76. The first kappa shape index (κ1) is 18.3. The largest absolute Gasteiger partial charge is 0.493 e. The van der Waals surface area contributed by atoms with Crippen LogP contribution in [0.3, 0.4) is 0 Å². The summed E-state index contributed by atoms with van der Waals surface area (Å²) in [6, 6.07) is 15.9. The second kappa shape index (κ2) is 10.1. The van der Waals surface area contributed by atoms with Gasteiger partial charge in [-0.2, -0.15) is 0 Å². The van der Waals surface area contributed by atoms with Gasteiger partial charge in [0, 0.05) is 13.1 Å². The molecule has 0 unspecified atom stereocenters. The fourth-order valence-corrected chi connectivity index (χ4v) is 1.99. The third kappa shape index (κ3) is 5.56. The predicted molar refractivity (Wildman–Crippen MR) is 89.8 cm³/mol. The lowest BCUT2D eigenvalue weighted by Gasteiger charge is -2.12. The van der Waals surface area contributed by atoms with Gasteiger partial charge in [0.05, 0.1) is 13.7 Å². The smallest absolute Gasteiger partial charge is 0.161 e. The number of ether oxygens (including phenoxy) is 2. The zero-order valence-corrected chi connectivity index (χ0v) is 13.4. The summed E-state index contributed by atoms with van der Waals surface area (Å²) >= 11 is 0. The lowest BCUT2D eigenvalue weighted by atomic mass is 10.2. The maximum Gasteiger partial charge on any atom is 0.161 e. The molecule has 0 fully saturated rings. The highest BCUT2D eigenvalue weighted by Gasteiger charge is 2.06. The van der Waals surface area contributed by atoms with Gasteiger partial charge >= 0.3 is 0 Å². The van der Waals surface area contributed by atoms with Crippen molar-refractivity contribution in [3.8, 4) is 11.5 Å². The van der Waals surface area contributed by atoms with E-state index in [9.17, 15) is 0 Å². The molecule has 4 nitrogen and oxygen atoms in total. The van der Waals surface area contributed by atoms with E-state index >= 15 is 0 Å². The number of methoxy groups -OCH3 is 1. The van der Waals surface area contributed by atoms with E-state index < -0.39 is 0 Å². The Kier molecular flexibility index (Phi) is 8.36. The van der Waals surface area contributed by atoms with Crippen molar-refractivity contribution in [2.24, 2.45) is 0 Å². The second-order valence-electron chi connectivity index (χ2n) is 4.66. The zero-order valence-electron chi connectivity index (χ0n) is 12.6. The van der Waals surface area contributed by atoms with Crippen LogP contribution in [0.4, 0.5) is 0 Å². The van der Waals surface area contributed by atoms with Crippen LogP contribution in [0.1, 0.15) is 11.1 Å². The van der Waals surface area contributed by atoms with Crippen molar-refractivity contribution < 1.29 is 14.6 Å². The van der Waals surface area contributed by atoms with Crippen LogP contribution < -0.4 is 14.8 Å². The first-order chi connectivity index (χ1) is 10.3. The minimum Gasteiger partial charge on any atom is -0.493 e. The molecule has 5 heteroatoms. The molecule has 0 bridgehead atoms. The Morgan fingerprint density at radius 3 is 2.45 bits per heavy atom. The Labute approximate surface area is 137 Å². The molecule has 2 rings (SSSR count). The van der Waals surface area contributed by atoms with E-state index in [1.807, 2.05) is 48.5 Å². The number of hydrogen-bond acceptors (Lipinski definition) is 4. The number of benzene rings is 2. The molecule has 2 aromatic carbocycles. The van der Waals surface area contributed by atoms with Gasteiger partial charge in [-0.25, -0.2) is 0 Å². The average molecular weight is 324 g/mol. The van der Waals surface area contributed by atoms with Gasteiger partial charge in [-0.1, -0.05) is 36.4 Å². The van der Waals surface area contributed by atoms with Crippen molar-refractivity contribution in [3.63, 3.8) is 0 Å². The number of aliphatic hydroxyl groups is 1. The summed E-state index contributed by atoms with van der Waals surface area (Å²) in [7, 11) is 1.63. The van der Waals surface area contributed by atoms with Crippen LogP contribution in [-0.2, 0) is 13.2 Å². The minimum atomic E-state index is 0. The minimum absolute atomic E-state index is 0. The first-order valence-electron chi connectivity index (χ1n) is 6.98. The van der Waals surface area contributed by atoms with Crippen LogP contribution in [0.2, 0.25) is 0 Å². The third-order valence-electron chi connectivity index (χ3n) is 3.08. The molecule has 2 aromatic rings. The van der Waals surface area contributed by atoms with Crippen molar-refractivity contribution in [2.75, 3.05) is 20.3 Å². The zero-order chi connectivity index (χ0) is 14.9. The monoisotopic (exact) mass is 323 g/mol. The van der Waals surface area contributed by atoms with Gasteiger partial charge in [0.25, 0.3) is 0 Å². The maximum absolute atomic E-state index is 8.76. The van der Waals surface area contributed by atoms with Crippen molar-refractivity contribution in [1.82, 2.24) is 5.32 Å². The molecular formula is C17H22ClNO3. The highest BCUT2D eigenvalue weighted by Crippen LogP contribution is 2.28. The summed E-state index contributed by atoms with van der Waals surface area (Å²) in [5.74, 6) is 1.45. The van der Waals surface area contributed by atoms with Gasteiger partial charge in [-0.05, 0) is 23.3 Å². The fraction of sp³-hybridized carbons (Fsp3) is 0.294. The molecule has 0 amide bonds. The fourth-order valence-electron chi connectivity index (χ4n) is 1.99. The summed E-state index contributed by atoms with van der Waals surface area (Å²) < 4.78 is 11.2. The molecular weight excluding hydrogens is 302 g/mol. The Hall–Kier alpha value is -1.75. The number of rotatable bonds is 8. The quantitative estimate of drug-likeness (QED) is 0.733. The summed E-state index contributed by atoms with van der Waals surface area (Å²) in [6.07, 6.45) is 0. The van der Waals surface area contributed by atoms with Gasteiger partial charge < -0.3 is 19.9 Å². The van der Waals surface area contributed by atoms with Crippen LogP contribution in [0.5, 0.6) is 11.5 Å². The topological polar surface area (TPSA) is 50.7 Å². The SMILES string of the molecule is COc1cc(CNCCO)ccc1OCc1ccccc1.Cl. The number of nitrogens with one attached hydrogen (secondary N) is 1. The lowest BCUT2D eigenvalue weighted by molar-refractivity contribution is 0.284. The van der Waals surface area contributed by atoms with Crippen molar-refractivity contribution in [2.45, 2.75) is 13.2 Å². The molecule has 22 heavy (non-hydrogen) atoms. The highest BCUT2D eigenvalue weighted by molar-refractivity contribution is 5.85. The van der Waals surface area contributed by atoms with Crippen LogP contribution in [0.25, 0.3) is 0 Å². The Bertz CT molecular complexity index is 549. The normalized spacial score (nSPS) is 9.91. The van der Waals surface area contributed by atoms with Gasteiger partial charge in [-0.3, -0.25) is 0 Å². The first-order valence-corrected chi connectivity index (χ1v) is 6.98. The van der Waals surface area contributed by atoms with Crippen molar-refractivity contribution in [3.05, 3.63) is 59.7 Å². The molecule has 0 saturated heterocycles. The van der Waals surface area contributed by atoms with Crippen LogP contribution in [-0.4, -0.2) is 25.4 Å². The molecule has 0 saturated carbocycles. The summed E-state index contributed by atoms with van der Waals surface area (Å²) in [6.45, 7) is 1.92. The molecule has 0 heterocycles. The van der Waals surface area contributed by atoms with Crippen molar-refractivity contribution in [1.29, 1.82) is 0 Å². The van der Waals surface area contributed by atoms with Crippen LogP contribution in [0.15, 0.2) is 48.5 Å². The summed E-state index contributed by atoms with van der Waals surface area (Å²) in [4.78, 5) is 0. The molecule has 0 aliphatic carbocycles. The van der Waals surface area contributed by atoms with Crippen molar-refractivity contribution >= 4 is 12.4 Å². The van der Waals surface area contributed by atoms with Gasteiger partial charge in [0.2, 0.25) is 0 Å². The Morgan fingerprint density at radius 2 is 1.77 bits per heavy atom. The van der Waals surface area contributed by atoms with E-state index in [0.29, 0.717) is 25.4 Å². The van der Waals surface area contributed by atoms with E-state index in [0.717, 1.165) is 16.9 Å². The molecule has 2 N–H and O–H groups in total. The Balaban J connectivity index is 0.00000242. The number of hydrogen-bond donors (Lipinski definition) is 2. The number of halogens is 1. The second-order valence-corrected chi connectivity index (χ2v) is 4.66. The lowest BCUT2D eigenvalue weighted by Crippen LogP contribution is -2.17.